The molecule has 0 radical (unpaired) electrons. The third-order valence-electron chi connectivity index (χ3n) is 4.29. The lowest BCUT2D eigenvalue weighted by molar-refractivity contribution is 0.0952. The summed E-state index contributed by atoms with van der Waals surface area (Å²) in [5.41, 5.74) is 4.04. The van der Waals surface area contributed by atoms with Gasteiger partial charge in [0.1, 0.15) is 0 Å². The van der Waals surface area contributed by atoms with Gasteiger partial charge in [0.25, 0.3) is 0 Å². The second-order valence-electron chi connectivity index (χ2n) is 5.96. The Bertz CT molecular complexity index is 730. The van der Waals surface area contributed by atoms with E-state index in [1.54, 1.807) is 14.2 Å². The number of aryl methyl sites for hydroxylation is 1. The first-order valence-electron chi connectivity index (χ1n) is 7.52. The molecule has 1 unspecified atom stereocenters. The van der Waals surface area contributed by atoms with Crippen molar-refractivity contribution in [2.24, 2.45) is 5.92 Å². The molecule has 4 nitrogen and oxygen atoms in total. The molecule has 1 aromatic carbocycles. The van der Waals surface area contributed by atoms with Gasteiger partial charge < -0.3 is 14.0 Å². The summed E-state index contributed by atoms with van der Waals surface area (Å²) < 4.78 is 12.9. The predicted molar refractivity (Wildman–Crippen MR) is 85.4 cm³/mol. The number of nitrogens with zero attached hydrogens (tertiary/aromatic N) is 1. The van der Waals surface area contributed by atoms with Crippen LogP contribution in [-0.2, 0) is 6.42 Å². The monoisotopic (exact) mass is 299 g/mol. The van der Waals surface area contributed by atoms with Crippen LogP contribution in [0.5, 0.6) is 11.5 Å². The number of fused-ring (bicyclic) bond motifs is 1. The molecule has 0 aliphatic heterocycles. The van der Waals surface area contributed by atoms with Crippen LogP contribution < -0.4 is 9.47 Å². The van der Waals surface area contributed by atoms with E-state index in [1.807, 2.05) is 31.2 Å². The first-order chi connectivity index (χ1) is 10.5. The van der Waals surface area contributed by atoms with Gasteiger partial charge >= 0.3 is 0 Å². The van der Waals surface area contributed by atoms with E-state index in [-0.39, 0.29) is 5.78 Å². The standard InChI is InChI=1S/C18H21NO3/c1-11-7-15-14(16(20)8-11)9-12(2)19(15)13-5-6-17(21-3)18(10-13)22-4/h5-6,9-11H,7-8H2,1-4H3. The SMILES string of the molecule is COc1ccc(-n2c(C)cc3c2CC(C)CC3=O)cc1OC. The Morgan fingerprint density at radius 2 is 1.82 bits per heavy atom. The number of ether oxygens (including phenoxy) is 2. The summed E-state index contributed by atoms with van der Waals surface area (Å²) in [6.07, 6.45) is 1.56. The molecule has 1 atom stereocenters. The van der Waals surface area contributed by atoms with E-state index in [2.05, 4.69) is 11.5 Å². The minimum absolute atomic E-state index is 0.246. The summed E-state index contributed by atoms with van der Waals surface area (Å²) in [5.74, 6) is 2.02. The normalized spacial score (nSPS) is 17.3. The van der Waals surface area contributed by atoms with Crippen molar-refractivity contribution in [1.82, 2.24) is 4.57 Å². The molecule has 2 aromatic rings. The number of aromatic nitrogens is 1. The number of hydrogen-bond donors (Lipinski definition) is 0. The molecule has 1 aliphatic rings. The second kappa shape index (κ2) is 5.52. The molecular formula is C18H21NO3. The van der Waals surface area contributed by atoms with Gasteiger partial charge in [-0.15, -0.1) is 0 Å². The molecule has 1 aliphatic carbocycles. The van der Waals surface area contributed by atoms with Crippen LogP contribution in [0.15, 0.2) is 24.3 Å². The highest BCUT2D eigenvalue weighted by molar-refractivity contribution is 5.99. The molecule has 0 spiro atoms. The van der Waals surface area contributed by atoms with Gasteiger partial charge in [-0.25, -0.2) is 0 Å². The van der Waals surface area contributed by atoms with Crippen LogP contribution in [0.1, 0.15) is 35.1 Å². The Morgan fingerprint density at radius 3 is 2.50 bits per heavy atom. The summed E-state index contributed by atoms with van der Waals surface area (Å²) >= 11 is 0. The van der Waals surface area contributed by atoms with Crippen molar-refractivity contribution in [3.63, 3.8) is 0 Å². The number of hydrogen-bond acceptors (Lipinski definition) is 3. The van der Waals surface area contributed by atoms with Crippen molar-refractivity contribution < 1.29 is 14.3 Å². The Hall–Kier alpha value is -2.23. The van der Waals surface area contributed by atoms with Crippen molar-refractivity contribution in [3.8, 4) is 17.2 Å². The molecule has 3 rings (SSSR count). The number of carbonyl (C=O) groups excluding carboxylic acids is 1. The first-order valence-corrected chi connectivity index (χ1v) is 7.52. The highest BCUT2D eigenvalue weighted by Gasteiger charge is 2.27. The van der Waals surface area contributed by atoms with E-state index >= 15 is 0 Å². The molecule has 1 aromatic heterocycles. The van der Waals surface area contributed by atoms with Crippen molar-refractivity contribution in [2.45, 2.75) is 26.7 Å². The fourth-order valence-electron chi connectivity index (χ4n) is 3.28. The fraction of sp³-hybridized carbons (Fsp3) is 0.389. The maximum atomic E-state index is 12.3. The van der Waals surface area contributed by atoms with Crippen molar-refractivity contribution in [2.75, 3.05) is 14.2 Å². The lowest BCUT2D eigenvalue weighted by atomic mass is 9.88. The molecule has 0 fully saturated rings. The van der Waals surface area contributed by atoms with Crippen molar-refractivity contribution in [3.05, 3.63) is 41.2 Å². The van der Waals surface area contributed by atoms with Gasteiger partial charge in [0.05, 0.1) is 14.2 Å². The van der Waals surface area contributed by atoms with Crippen LogP contribution in [0.2, 0.25) is 0 Å². The van der Waals surface area contributed by atoms with E-state index in [1.165, 1.54) is 0 Å². The zero-order valence-corrected chi connectivity index (χ0v) is 13.5. The minimum atomic E-state index is 0.246. The molecule has 22 heavy (non-hydrogen) atoms. The summed E-state index contributed by atoms with van der Waals surface area (Å²) in [6.45, 7) is 4.16. The molecule has 0 saturated carbocycles. The second-order valence-corrected chi connectivity index (χ2v) is 5.96. The third kappa shape index (κ3) is 2.28. The largest absolute Gasteiger partial charge is 0.493 e. The summed E-state index contributed by atoms with van der Waals surface area (Å²) in [6, 6.07) is 7.85. The Labute approximate surface area is 130 Å². The minimum Gasteiger partial charge on any atom is -0.493 e. The molecular weight excluding hydrogens is 278 g/mol. The molecule has 116 valence electrons. The summed E-state index contributed by atoms with van der Waals surface area (Å²) in [5, 5.41) is 0. The predicted octanol–water partition coefficient (Wildman–Crippen LogP) is 3.57. The van der Waals surface area contributed by atoms with E-state index < -0.39 is 0 Å². The molecule has 0 saturated heterocycles. The smallest absolute Gasteiger partial charge is 0.164 e. The van der Waals surface area contributed by atoms with Crippen molar-refractivity contribution >= 4 is 5.78 Å². The Kier molecular flexibility index (Phi) is 3.69. The summed E-state index contributed by atoms with van der Waals surface area (Å²) in [4.78, 5) is 12.3. The molecule has 1 heterocycles. The Balaban J connectivity index is 2.15. The number of methoxy groups -OCH3 is 2. The number of carbonyl (C=O) groups is 1. The van der Waals surface area contributed by atoms with Crippen LogP contribution in [0.25, 0.3) is 5.69 Å². The first kappa shape index (κ1) is 14.7. The highest BCUT2D eigenvalue weighted by atomic mass is 16.5. The van der Waals surface area contributed by atoms with Crippen LogP contribution in [-0.4, -0.2) is 24.6 Å². The van der Waals surface area contributed by atoms with Crippen molar-refractivity contribution in [1.29, 1.82) is 0 Å². The average molecular weight is 299 g/mol. The molecule has 0 amide bonds. The molecule has 0 N–H and O–H groups in total. The average Bonchev–Trinajstić information content (AvgIpc) is 2.83. The van der Waals surface area contributed by atoms with E-state index in [0.29, 0.717) is 23.8 Å². The van der Waals surface area contributed by atoms with Gasteiger partial charge in [0.15, 0.2) is 17.3 Å². The van der Waals surface area contributed by atoms with E-state index in [0.717, 1.165) is 29.1 Å². The molecule has 4 heteroatoms. The number of Topliss-reactive ketones (excluding diaryl/α,β-unsaturated/α-hetero) is 1. The van der Waals surface area contributed by atoms with Crippen LogP contribution >= 0.6 is 0 Å². The number of benzene rings is 1. The fourth-order valence-corrected chi connectivity index (χ4v) is 3.28. The highest BCUT2D eigenvalue weighted by Crippen LogP contribution is 2.34. The van der Waals surface area contributed by atoms with Crippen LogP contribution in [0.3, 0.4) is 0 Å². The Morgan fingerprint density at radius 1 is 1.09 bits per heavy atom. The summed E-state index contributed by atoms with van der Waals surface area (Å²) in [7, 11) is 3.26. The van der Waals surface area contributed by atoms with E-state index in [4.69, 9.17) is 9.47 Å². The lowest BCUT2D eigenvalue weighted by Gasteiger charge is -2.21. The van der Waals surface area contributed by atoms with Crippen LogP contribution in [0.4, 0.5) is 0 Å². The zero-order valence-electron chi connectivity index (χ0n) is 13.5. The van der Waals surface area contributed by atoms with Gasteiger partial charge in [-0.2, -0.15) is 0 Å². The van der Waals surface area contributed by atoms with Gasteiger partial charge in [-0.1, -0.05) is 6.92 Å². The van der Waals surface area contributed by atoms with Gasteiger partial charge in [0.2, 0.25) is 0 Å². The maximum absolute atomic E-state index is 12.3. The zero-order chi connectivity index (χ0) is 15.9. The third-order valence-corrected chi connectivity index (χ3v) is 4.29. The number of rotatable bonds is 3. The van der Waals surface area contributed by atoms with Gasteiger partial charge in [-0.3, -0.25) is 4.79 Å². The van der Waals surface area contributed by atoms with Gasteiger partial charge in [0, 0.05) is 35.1 Å². The topological polar surface area (TPSA) is 40.5 Å². The number of ketones is 1. The van der Waals surface area contributed by atoms with Crippen LogP contribution in [0, 0.1) is 12.8 Å². The molecule has 0 bridgehead atoms. The lowest BCUT2D eigenvalue weighted by Crippen LogP contribution is -2.19. The quantitative estimate of drug-likeness (QED) is 0.870. The maximum Gasteiger partial charge on any atom is 0.164 e. The van der Waals surface area contributed by atoms with E-state index in [9.17, 15) is 4.79 Å². The van der Waals surface area contributed by atoms with Gasteiger partial charge in [-0.05, 0) is 37.5 Å².